The molecule has 0 radical (unpaired) electrons. The predicted molar refractivity (Wildman–Crippen MR) is 117 cm³/mol. The van der Waals surface area contributed by atoms with Crippen molar-refractivity contribution in [2.75, 3.05) is 6.54 Å². The average molecular weight is 410 g/mol. The Bertz CT molecular complexity index is 917. The van der Waals surface area contributed by atoms with Crippen LogP contribution in [0.5, 0.6) is 0 Å². The summed E-state index contributed by atoms with van der Waals surface area (Å²) in [6.45, 7) is 9.60. The highest BCUT2D eigenvalue weighted by Gasteiger charge is 2.43. The van der Waals surface area contributed by atoms with Crippen molar-refractivity contribution >= 4 is 12.0 Å². The molecule has 0 bridgehead atoms. The van der Waals surface area contributed by atoms with E-state index in [0.717, 1.165) is 24.1 Å². The van der Waals surface area contributed by atoms with Crippen molar-refractivity contribution in [3.8, 4) is 11.3 Å². The van der Waals surface area contributed by atoms with Crippen LogP contribution in [-0.2, 0) is 4.74 Å². The van der Waals surface area contributed by atoms with Crippen molar-refractivity contribution in [2.24, 2.45) is 5.92 Å². The fourth-order valence-corrected chi connectivity index (χ4v) is 3.48. The van der Waals surface area contributed by atoms with E-state index in [1.807, 2.05) is 77.1 Å². The number of aryl methyl sites for hydroxylation is 1. The van der Waals surface area contributed by atoms with Gasteiger partial charge in [-0.1, -0.05) is 30.3 Å². The first-order valence-corrected chi connectivity index (χ1v) is 10.4. The fourth-order valence-electron chi connectivity index (χ4n) is 3.48. The van der Waals surface area contributed by atoms with Crippen LogP contribution in [0.2, 0.25) is 0 Å². The number of hydrogen-bond acceptors (Lipinski definition) is 4. The molecule has 1 aliphatic carbocycles. The highest BCUT2D eigenvalue weighted by Crippen LogP contribution is 2.39. The maximum Gasteiger partial charge on any atom is 0.407 e. The monoisotopic (exact) mass is 409 g/mol. The molecule has 1 fully saturated rings. The van der Waals surface area contributed by atoms with Gasteiger partial charge in [0.15, 0.2) is 0 Å². The molecule has 1 atom stereocenters. The molecule has 1 heterocycles. The van der Waals surface area contributed by atoms with Gasteiger partial charge in [-0.2, -0.15) is 0 Å². The van der Waals surface area contributed by atoms with E-state index < -0.39 is 17.2 Å². The van der Waals surface area contributed by atoms with Crippen LogP contribution in [0.25, 0.3) is 11.3 Å². The predicted octanol–water partition coefficient (Wildman–Crippen LogP) is 4.48. The number of pyridine rings is 1. The molecule has 2 aromatic rings. The van der Waals surface area contributed by atoms with Gasteiger partial charge < -0.3 is 15.4 Å². The van der Waals surface area contributed by atoms with Crippen LogP contribution in [0.3, 0.4) is 0 Å². The van der Waals surface area contributed by atoms with Crippen LogP contribution >= 0.6 is 0 Å². The third-order valence-electron chi connectivity index (χ3n) is 5.28. The largest absolute Gasteiger partial charge is 0.444 e. The Morgan fingerprint density at radius 2 is 1.73 bits per heavy atom. The lowest BCUT2D eigenvalue weighted by atomic mass is 9.94. The van der Waals surface area contributed by atoms with Gasteiger partial charge in [0.2, 0.25) is 0 Å². The molecule has 2 N–H and O–H groups in total. The van der Waals surface area contributed by atoms with E-state index in [4.69, 9.17) is 4.74 Å². The molecule has 0 spiro atoms. The highest BCUT2D eigenvalue weighted by atomic mass is 16.6. The SMILES string of the molecule is Cc1nc(-c2ccccc2)ccc1C(=O)NC(C)(CNC(=O)OC(C)(C)C)C1CC1. The van der Waals surface area contributed by atoms with Crippen molar-refractivity contribution in [3.05, 3.63) is 53.7 Å². The summed E-state index contributed by atoms with van der Waals surface area (Å²) in [5.74, 6) is 0.147. The number of alkyl carbamates (subject to hydrolysis) is 1. The summed E-state index contributed by atoms with van der Waals surface area (Å²) in [5, 5.41) is 5.95. The number of benzene rings is 1. The maximum absolute atomic E-state index is 13.0. The van der Waals surface area contributed by atoms with E-state index in [0.29, 0.717) is 23.7 Å². The molecule has 2 amide bonds. The Morgan fingerprint density at radius 1 is 1.07 bits per heavy atom. The number of ether oxygens (including phenoxy) is 1. The Labute approximate surface area is 178 Å². The number of hydrogen-bond donors (Lipinski definition) is 2. The number of amides is 2. The molecule has 1 saturated carbocycles. The van der Waals surface area contributed by atoms with Crippen molar-refractivity contribution in [2.45, 2.75) is 58.6 Å². The Kier molecular flexibility index (Phi) is 6.15. The molecular weight excluding hydrogens is 378 g/mol. The lowest BCUT2D eigenvalue weighted by molar-refractivity contribution is 0.0502. The standard InChI is InChI=1S/C24H31N3O3/c1-16-19(13-14-20(26-16)17-9-7-6-8-10-17)21(28)27-24(5,18-11-12-18)15-25-22(29)30-23(2,3)4/h6-10,13-14,18H,11-12,15H2,1-5H3,(H,25,29)(H,27,28). The minimum atomic E-state index is -0.563. The minimum absolute atomic E-state index is 0.181. The number of nitrogens with zero attached hydrogens (tertiary/aromatic N) is 1. The summed E-state index contributed by atoms with van der Waals surface area (Å²) < 4.78 is 5.32. The van der Waals surface area contributed by atoms with Crippen molar-refractivity contribution in [3.63, 3.8) is 0 Å². The first-order chi connectivity index (χ1) is 14.1. The van der Waals surface area contributed by atoms with Crippen molar-refractivity contribution in [1.29, 1.82) is 0 Å². The summed E-state index contributed by atoms with van der Waals surface area (Å²) in [7, 11) is 0. The van der Waals surface area contributed by atoms with E-state index in [1.165, 1.54) is 0 Å². The van der Waals surface area contributed by atoms with Crippen LogP contribution in [0, 0.1) is 12.8 Å². The van der Waals surface area contributed by atoms with Gasteiger partial charge in [-0.3, -0.25) is 9.78 Å². The molecule has 1 aromatic heterocycles. The van der Waals surface area contributed by atoms with Gasteiger partial charge in [0.05, 0.1) is 22.5 Å². The average Bonchev–Trinajstić information content (AvgIpc) is 3.51. The van der Waals surface area contributed by atoms with Gasteiger partial charge in [-0.15, -0.1) is 0 Å². The van der Waals surface area contributed by atoms with E-state index in [1.54, 1.807) is 0 Å². The second-order valence-corrected chi connectivity index (χ2v) is 9.20. The Hall–Kier alpha value is -2.89. The molecule has 6 nitrogen and oxygen atoms in total. The first-order valence-electron chi connectivity index (χ1n) is 10.4. The van der Waals surface area contributed by atoms with Gasteiger partial charge in [0.25, 0.3) is 5.91 Å². The Balaban J connectivity index is 1.70. The first kappa shape index (κ1) is 21.8. The maximum atomic E-state index is 13.0. The molecule has 1 aromatic carbocycles. The zero-order valence-corrected chi connectivity index (χ0v) is 18.4. The third-order valence-corrected chi connectivity index (χ3v) is 5.28. The summed E-state index contributed by atoms with van der Waals surface area (Å²) in [6.07, 6.45) is 1.57. The van der Waals surface area contributed by atoms with Crippen LogP contribution in [0.15, 0.2) is 42.5 Å². The van der Waals surface area contributed by atoms with Crippen molar-refractivity contribution in [1.82, 2.24) is 15.6 Å². The zero-order chi connectivity index (χ0) is 21.9. The van der Waals surface area contributed by atoms with E-state index in [-0.39, 0.29) is 5.91 Å². The quantitative estimate of drug-likeness (QED) is 0.737. The molecule has 0 aliphatic heterocycles. The molecule has 1 unspecified atom stereocenters. The lowest BCUT2D eigenvalue weighted by Crippen LogP contribution is -2.55. The Morgan fingerprint density at radius 3 is 2.30 bits per heavy atom. The van der Waals surface area contributed by atoms with Crippen molar-refractivity contribution < 1.29 is 14.3 Å². The second kappa shape index (κ2) is 8.46. The number of carbonyl (C=O) groups is 2. The van der Waals surface area contributed by atoms with E-state index in [9.17, 15) is 9.59 Å². The molecule has 6 heteroatoms. The highest BCUT2D eigenvalue weighted by molar-refractivity contribution is 5.96. The second-order valence-electron chi connectivity index (χ2n) is 9.20. The van der Waals surface area contributed by atoms with E-state index in [2.05, 4.69) is 15.6 Å². The molecule has 0 saturated heterocycles. The van der Waals surface area contributed by atoms with Gasteiger partial charge in [-0.25, -0.2) is 4.79 Å². The third kappa shape index (κ3) is 5.59. The minimum Gasteiger partial charge on any atom is -0.444 e. The topological polar surface area (TPSA) is 80.3 Å². The number of rotatable bonds is 6. The van der Waals surface area contributed by atoms with Gasteiger partial charge in [0.1, 0.15) is 5.60 Å². The normalized spacial score (nSPS) is 15.8. The van der Waals surface area contributed by atoms with Crippen LogP contribution in [0.1, 0.15) is 56.6 Å². The van der Waals surface area contributed by atoms with Gasteiger partial charge in [0, 0.05) is 12.1 Å². The number of carbonyl (C=O) groups excluding carboxylic acids is 2. The lowest BCUT2D eigenvalue weighted by Gasteiger charge is -2.32. The molecular formula is C24H31N3O3. The fraction of sp³-hybridized carbons (Fsp3) is 0.458. The van der Waals surface area contributed by atoms with Gasteiger partial charge in [-0.05, 0) is 65.5 Å². The van der Waals surface area contributed by atoms with Crippen LogP contribution < -0.4 is 10.6 Å². The van der Waals surface area contributed by atoms with Crippen LogP contribution in [0.4, 0.5) is 4.79 Å². The smallest absolute Gasteiger partial charge is 0.407 e. The number of nitrogens with one attached hydrogen (secondary N) is 2. The molecule has 160 valence electrons. The van der Waals surface area contributed by atoms with E-state index >= 15 is 0 Å². The summed E-state index contributed by atoms with van der Waals surface area (Å²) in [5.41, 5.74) is 1.95. The molecule has 3 rings (SSSR count). The summed E-state index contributed by atoms with van der Waals surface area (Å²) in [4.78, 5) is 29.7. The van der Waals surface area contributed by atoms with Crippen LogP contribution in [-0.4, -0.2) is 34.7 Å². The van der Waals surface area contributed by atoms with Gasteiger partial charge >= 0.3 is 6.09 Å². The molecule has 1 aliphatic rings. The number of aromatic nitrogens is 1. The summed E-state index contributed by atoms with van der Waals surface area (Å²) >= 11 is 0. The zero-order valence-electron chi connectivity index (χ0n) is 18.4. The molecule has 30 heavy (non-hydrogen) atoms. The summed E-state index contributed by atoms with van der Waals surface area (Å²) in [6, 6.07) is 13.6.